The Morgan fingerprint density at radius 2 is 1.22 bits per heavy atom. The van der Waals surface area contributed by atoms with E-state index >= 15 is 0 Å². The molecule has 4 aliphatic rings. The second-order valence-electron chi connectivity index (χ2n) is 13.7. The van der Waals surface area contributed by atoms with Crippen molar-refractivity contribution in [2.75, 3.05) is 61.2 Å². The van der Waals surface area contributed by atoms with Gasteiger partial charge in [0.25, 0.3) is 0 Å². The molecule has 2 fully saturated rings. The van der Waals surface area contributed by atoms with E-state index in [0.717, 1.165) is 80.9 Å². The van der Waals surface area contributed by atoms with Crippen LogP contribution in [0.1, 0.15) is 74.9 Å². The van der Waals surface area contributed by atoms with Crippen LogP contribution in [-0.4, -0.2) is 89.0 Å². The van der Waals surface area contributed by atoms with E-state index < -0.39 is 0 Å². The van der Waals surface area contributed by atoms with E-state index in [0.29, 0.717) is 18.0 Å². The first-order valence-corrected chi connectivity index (χ1v) is 16.7. The van der Waals surface area contributed by atoms with Crippen LogP contribution in [0.2, 0.25) is 0 Å². The highest BCUT2D eigenvalue weighted by Gasteiger charge is 2.39. The fraction of sp³-hybridized carbons (Fsp3) is 0.639. The van der Waals surface area contributed by atoms with E-state index in [1.54, 1.807) is 28.4 Å². The van der Waals surface area contributed by atoms with Gasteiger partial charge in [-0.05, 0) is 84.0 Å². The van der Waals surface area contributed by atoms with Gasteiger partial charge in [-0.25, -0.2) is 0 Å². The van der Waals surface area contributed by atoms with Gasteiger partial charge in [-0.1, -0.05) is 27.7 Å². The molecule has 2 aromatic rings. The lowest BCUT2D eigenvalue weighted by Crippen LogP contribution is -2.58. The van der Waals surface area contributed by atoms with Crippen LogP contribution in [0, 0.1) is 11.8 Å². The van der Waals surface area contributed by atoms with Gasteiger partial charge in [-0.2, -0.15) is 0 Å². The van der Waals surface area contributed by atoms with Crippen molar-refractivity contribution in [3.63, 3.8) is 0 Å². The summed E-state index contributed by atoms with van der Waals surface area (Å²) in [5.41, 5.74) is 5.24. The Morgan fingerprint density at radius 1 is 0.711 bits per heavy atom. The molecule has 45 heavy (non-hydrogen) atoms. The third kappa shape index (κ3) is 7.21. The summed E-state index contributed by atoms with van der Waals surface area (Å²) < 4.78 is 21.8. The quantitative estimate of drug-likeness (QED) is 0.436. The van der Waals surface area contributed by atoms with Gasteiger partial charge in [0.05, 0.1) is 40.5 Å². The Bertz CT molecular complexity index is 1330. The zero-order chi connectivity index (χ0) is 32.2. The maximum absolute atomic E-state index is 12.8. The lowest BCUT2D eigenvalue weighted by molar-refractivity contribution is -0.140. The molecule has 4 atom stereocenters. The van der Waals surface area contributed by atoms with E-state index in [-0.39, 0.29) is 18.0 Å². The first kappa shape index (κ1) is 33.4. The van der Waals surface area contributed by atoms with Crippen LogP contribution >= 0.6 is 0 Å². The molecule has 0 saturated carbocycles. The van der Waals surface area contributed by atoms with E-state index in [1.807, 2.05) is 11.0 Å². The van der Waals surface area contributed by atoms with Gasteiger partial charge in [0.15, 0.2) is 23.0 Å². The molecule has 9 heteroatoms. The molecular formula is C36H54N4O5. The first-order valence-electron chi connectivity index (χ1n) is 16.7. The number of nitrogens with zero attached hydrogens (tertiary/aromatic N) is 2. The number of nitrogens with one attached hydrogen (secondary N) is 2. The second-order valence-corrected chi connectivity index (χ2v) is 13.7. The number of hydrogen-bond donors (Lipinski definition) is 2. The number of carbonyl (C=O) groups is 1. The average molecular weight is 623 g/mol. The summed E-state index contributed by atoms with van der Waals surface area (Å²) in [4.78, 5) is 17.5. The predicted octanol–water partition coefficient (Wildman–Crippen LogP) is 4.77. The Hall–Kier alpha value is -3.01. The zero-order valence-electron chi connectivity index (χ0n) is 28.6. The van der Waals surface area contributed by atoms with Crippen LogP contribution in [-0.2, 0) is 17.6 Å². The smallest absolute Gasteiger partial charge is 0.240 e. The number of piperazine rings is 2. The Morgan fingerprint density at radius 3 is 1.78 bits per heavy atom. The number of hydrogen-bond acceptors (Lipinski definition) is 8. The summed E-state index contributed by atoms with van der Waals surface area (Å²) >= 11 is 0. The number of rotatable bonds is 8. The summed E-state index contributed by atoms with van der Waals surface area (Å²) in [6.07, 6.45) is 4.11. The minimum Gasteiger partial charge on any atom is -0.493 e. The van der Waals surface area contributed by atoms with Crippen molar-refractivity contribution in [2.24, 2.45) is 11.8 Å². The van der Waals surface area contributed by atoms with E-state index in [2.05, 4.69) is 61.4 Å². The van der Waals surface area contributed by atoms with Crippen LogP contribution in [0.5, 0.6) is 23.0 Å². The van der Waals surface area contributed by atoms with Gasteiger partial charge in [-0.15, -0.1) is 0 Å². The molecule has 2 saturated heterocycles. The first-order chi connectivity index (χ1) is 21.7. The lowest BCUT2D eigenvalue weighted by Gasteiger charge is -2.44. The third-order valence-electron chi connectivity index (χ3n) is 9.77. The minimum atomic E-state index is -0.0482. The standard InChI is InChI=1S/C18H26N2O3.C18H28N2O2/c1-11(2)7-14-18(21)20-6-5-12-8-16(22-3)17(23-4)9-13(12)15(20)10-19-14;1-12(2)7-14-11-20-6-5-13-8-17(21-3)18(22-4)9-15(13)16(20)10-19-14/h8-9,11,14-15,19H,5-7,10H2,1-4H3;8-9,12,14,16,19H,5-7,10-11H2,1-4H3/t14-,15+;14-,16-/m11/s1. The van der Waals surface area contributed by atoms with Crippen LogP contribution < -0.4 is 29.6 Å². The second kappa shape index (κ2) is 14.6. The molecule has 0 spiro atoms. The van der Waals surface area contributed by atoms with Gasteiger partial charge < -0.3 is 34.5 Å². The fourth-order valence-electron chi connectivity index (χ4n) is 7.60. The molecule has 6 rings (SSSR count). The van der Waals surface area contributed by atoms with Crippen molar-refractivity contribution in [1.29, 1.82) is 0 Å². The van der Waals surface area contributed by atoms with E-state index in [1.165, 1.54) is 28.7 Å². The van der Waals surface area contributed by atoms with Crippen LogP contribution in [0.15, 0.2) is 24.3 Å². The molecule has 248 valence electrons. The van der Waals surface area contributed by atoms with Gasteiger partial charge >= 0.3 is 0 Å². The Labute approximate surface area is 269 Å². The summed E-state index contributed by atoms with van der Waals surface area (Å²) in [6.45, 7) is 13.8. The number of amides is 1. The molecule has 0 aliphatic carbocycles. The van der Waals surface area contributed by atoms with Gasteiger partial charge in [-0.3, -0.25) is 9.69 Å². The maximum Gasteiger partial charge on any atom is 0.240 e. The molecule has 4 heterocycles. The SMILES string of the molecule is COc1cc2c(cc1OC)[C@@H]1CN[C@H](CC(C)C)C(=O)N1CC2.COc1cc2c(cc1OC)[C@H]1CN[C@H](CC(C)C)CN1CC2. The molecule has 9 nitrogen and oxygen atoms in total. The van der Waals surface area contributed by atoms with Crippen molar-refractivity contribution < 1.29 is 23.7 Å². The average Bonchev–Trinajstić information content (AvgIpc) is 3.04. The number of benzene rings is 2. The molecule has 0 unspecified atom stereocenters. The number of carbonyl (C=O) groups excluding carboxylic acids is 1. The number of fused-ring (bicyclic) bond motifs is 6. The highest BCUT2D eigenvalue weighted by atomic mass is 16.5. The highest BCUT2D eigenvalue weighted by molar-refractivity contribution is 5.83. The summed E-state index contributed by atoms with van der Waals surface area (Å²) in [6, 6.07) is 9.55. The van der Waals surface area contributed by atoms with Gasteiger partial charge in [0.1, 0.15) is 0 Å². The van der Waals surface area contributed by atoms with Gasteiger partial charge in [0, 0.05) is 44.8 Å². The van der Waals surface area contributed by atoms with Crippen LogP contribution in [0.3, 0.4) is 0 Å². The van der Waals surface area contributed by atoms with Crippen LogP contribution in [0.4, 0.5) is 0 Å². The Kier molecular flexibility index (Phi) is 10.8. The zero-order valence-corrected chi connectivity index (χ0v) is 28.6. The topological polar surface area (TPSA) is 84.5 Å². The molecule has 2 N–H and O–H groups in total. The molecule has 1 amide bonds. The lowest BCUT2D eigenvalue weighted by atomic mass is 9.88. The molecular weight excluding hydrogens is 568 g/mol. The van der Waals surface area contributed by atoms with Crippen molar-refractivity contribution >= 4 is 5.91 Å². The summed E-state index contributed by atoms with van der Waals surface area (Å²) in [5.74, 6) is 4.65. The van der Waals surface area contributed by atoms with Crippen LogP contribution in [0.25, 0.3) is 0 Å². The minimum absolute atomic E-state index is 0.0482. The van der Waals surface area contributed by atoms with Crippen molar-refractivity contribution in [1.82, 2.24) is 20.4 Å². The van der Waals surface area contributed by atoms with E-state index in [4.69, 9.17) is 18.9 Å². The fourth-order valence-corrected chi connectivity index (χ4v) is 7.60. The molecule has 0 aromatic heterocycles. The largest absolute Gasteiger partial charge is 0.493 e. The maximum atomic E-state index is 12.8. The predicted molar refractivity (Wildman–Crippen MR) is 178 cm³/mol. The van der Waals surface area contributed by atoms with Crippen molar-refractivity contribution in [3.05, 3.63) is 46.5 Å². The van der Waals surface area contributed by atoms with E-state index in [9.17, 15) is 4.79 Å². The monoisotopic (exact) mass is 622 g/mol. The molecule has 4 aliphatic heterocycles. The summed E-state index contributed by atoms with van der Waals surface area (Å²) in [7, 11) is 6.72. The Balaban J connectivity index is 0.000000178. The normalized spacial score (nSPS) is 24.1. The summed E-state index contributed by atoms with van der Waals surface area (Å²) in [5, 5.41) is 7.19. The van der Waals surface area contributed by atoms with Crippen molar-refractivity contribution in [2.45, 2.75) is 77.5 Å². The highest BCUT2D eigenvalue weighted by Crippen LogP contribution is 2.40. The third-order valence-corrected chi connectivity index (χ3v) is 9.77. The number of ether oxygens (including phenoxy) is 4. The molecule has 0 bridgehead atoms. The van der Waals surface area contributed by atoms with Crippen molar-refractivity contribution in [3.8, 4) is 23.0 Å². The molecule has 0 radical (unpaired) electrons. The van der Waals surface area contributed by atoms with Gasteiger partial charge in [0.2, 0.25) is 5.91 Å². The molecule has 2 aromatic carbocycles. The number of methoxy groups -OCH3 is 4.